The molecule has 0 saturated heterocycles. The lowest BCUT2D eigenvalue weighted by atomic mass is 10.1. The van der Waals surface area contributed by atoms with E-state index in [1.807, 2.05) is 55.5 Å². The third-order valence-corrected chi connectivity index (χ3v) is 6.52. The molecule has 0 radical (unpaired) electrons. The van der Waals surface area contributed by atoms with Gasteiger partial charge in [0.1, 0.15) is 0 Å². The molecule has 1 N–H and O–H groups in total. The second-order valence-electron chi connectivity index (χ2n) is 7.19. The molecule has 4 rings (SSSR count). The summed E-state index contributed by atoms with van der Waals surface area (Å²) in [4.78, 5) is 14.9. The Kier molecular flexibility index (Phi) is 5.22. The molecule has 1 heterocycles. The molecule has 0 spiro atoms. The van der Waals surface area contributed by atoms with Gasteiger partial charge >= 0.3 is 0 Å². The van der Waals surface area contributed by atoms with Crippen molar-refractivity contribution in [1.82, 2.24) is 4.72 Å². The molecular weight excluding hydrogens is 384 g/mol. The first-order chi connectivity index (χ1) is 14.0. The molecule has 1 aliphatic rings. The highest BCUT2D eigenvalue weighted by Crippen LogP contribution is 2.35. The van der Waals surface area contributed by atoms with Gasteiger partial charge in [-0.3, -0.25) is 4.79 Å². The normalized spacial score (nSPS) is 15.9. The number of nitrogens with zero attached hydrogens (tertiary/aromatic N) is 1. The van der Waals surface area contributed by atoms with Crippen LogP contribution in [0.2, 0.25) is 0 Å². The van der Waals surface area contributed by atoms with Crippen LogP contribution in [0.15, 0.2) is 83.8 Å². The van der Waals surface area contributed by atoms with E-state index in [-0.39, 0.29) is 23.4 Å². The highest BCUT2D eigenvalue weighted by Gasteiger charge is 2.32. The number of amides is 1. The number of fused-ring (bicyclic) bond motifs is 1. The maximum Gasteiger partial charge on any atom is 0.258 e. The van der Waals surface area contributed by atoms with Gasteiger partial charge in [0.15, 0.2) is 0 Å². The van der Waals surface area contributed by atoms with Gasteiger partial charge in [0.25, 0.3) is 5.91 Å². The van der Waals surface area contributed by atoms with E-state index in [9.17, 15) is 13.2 Å². The summed E-state index contributed by atoms with van der Waals surface area (Å²) in [5, 5.41) is 0. The summed E-state index contributed by atoms with van der Waals surface area (Å²) in [6, 6.07) is 23.5. The smallest absolute Gasteiger partial charge is 0.258 e. The minimum absolute atomic E-state index is 0.0343. The first kappa shape index (κ1) is 19.4. The van der Waals surface area contributed by atoms with Gasteiger partial charge in [-0.25, -0.2) is 13.1 Å². The van der Waals surface area contributed by atoms with Crippen LogP contribution in [0.25, 0.3) is 0 Å². The molecule has 5 nitrogen and oxygen atoms in total. The number of nitrogens with one attached hydrogen (secondary N) is 1. The van der Waals surface area contributed by atoms with Gasteiger partial charge in [-0.1, -0.05) is 48.5 Å². The van der Waals surface area contributed by atoms with Crippen molar-refractivity contribution >= 4 is 21.6 Å². The second kappa shape index (κ2) is 7.81. The fourth-order valence-corrected chi connectivity index (χ4v) is 4.73. The number of anilines is 1. The van der Waals surface area contributed by atoms with E-state index < -0.39 is 10.0 Å². The zero-order valence-corrected chi connectivity index (χ0v) is 16.9. The highest BCUT2D eigenvalue weighted by molar-refractivity contribution is 7.89. The lowest BCUT2D eigenvalue weighted by Gasteiger charge is -2.23. The fraction of sp³-hybridized carbons (Fsp3) is 0.174. The molecule has 0 bridgehead atoms. The number of hydrogen-bond acceptors (Lipinski definition) is 3. The van der Waals surface area contributed by atoms with Crippen molar-refractivity contribution < 1.29 is 13.2 Å². The Morgan fingerprint density at radius 3 is 2.34 bits per heavy atom. The van der Waals surface area contributed by atoms with E-state index in [2.05, 4.69) is 4.72 Å². The molecule has 148 valence electrons. The van der Waals surface area contributed by atoms with Crippen LogP contribution in [0.3, 0.4) is 0 Å². The van der Waals surface area contributed by atoms with Crippen molar-refractivity contribution in [2.75, 3.05) is 4.90 Å². The van der Waals surface area contributed by atoms with Gasteiger partial charge in [-0.15, -0.1) is 0 Å². The number of rotatable bonds is 5. The predicted octanol–water partition coefficient (Wildman–Crippen LogP) is 3.76. The van der Waals surface area contributed by atoms with E-state index in [4.69, 9.17) is 0 Å². The van der Waals surface area contributed by atoms with E-state index >= 15 is 0 Å². The van der Waals surface area contributed by atoms with Crippen molar-refractivity contribution in [2.24, 2.45) is 0 Å². The Hall–Kier alpha value is -2.96. The molecular formula is C23H22N2O3S. The Bertz CT molecular complexity index is 1130. The van der Waals surface area contributed by atoms with Crippen molar-refractivity contribution in [3.8, 4) is 0 Å². The molecule has 0 aromatic heterocycles. The summed E-state index contributed by atoms with van der Waals surface area (Å²) in [6.45, 7) is 2.21. The minimum Gasteiger partial charge on any atom is -0.305 e. The van der Waals surface area contributed by atoms with Gasteiger partial charge in [0.2, 0.25) is 10.0 Å². The zero-order chi connectivity index (χ0) is 20.4. The third-order valence-electron chi connectivity index (χ3n) is 5.13. The van der Waals surface area contributed by atoms with Crippen LogP contribution in [-0.2, 0) is 23.0 Å². The topological polar surface area (TPSA) is 66.5 Å². The average molecular weight is 407 g/mol. The third kappa shape index (κ3) is 3.95. The van der Waals surface area contributed by atoms with Crippen molar-refractivity contribution in [2.45, 2.75) is 30.8 Å². The predicted molar refractivity (Wildman–Crippen MR) is 113 cm³/mol. The SMILES string of the molecule is CC1Cc2cc(S(=O)(=O)NCc3ccccc3)ccc2N1C(=O)c1ccccc1. The Morgan fingerprint density at radius 2 is 1.66 bits per heavy atom. The van der Waals surface area contributed by atoms with Crippen LogP contribution in [0, 0.1) is 0 Å². The number of carbonyl (C=O) groups is 1. The van der Waals surface area contributed by atoms with Crippen LogP contribution in [0.4, 0.5) is 5.69 Å². The van der Waals surface area contributed by atoms with Crippen molar-refractivity contribution in [3.05, 3.63) is 95.6 Å². The summed E-state index contributed by atoms with van der Waals surface area (Å²) in [6.07, 6.45) is 0.621. The molecule has 6 heteroatoms. The van der Waals surface area contributed by atoms with Crippen LogP contribution in [-0.4, -0.2) is 20.4 Å². The summed E-state index contributed by atoms with van der Waals surface area (Å²) < 4.78 is 28.1. The van der Waals surface area contributed by atoms with Crippen molar-refractivity contribution in [1.29, 1.82) is 0 Å². The Morgan fingerprint density at radius 1 is 1.00 bits per heavy atom. The minimum atomic E-state index is -3.64. The van der Waals surface area contributed by atoms with E-state index in [0.717, 1.165) is 16.8 Å². The van der Waals surface area contributed by atoms with E-state index in [0.29, 0.717) is 12.0 Å². The number of carbonyl (C=O) groups excluding carboxylic acids is 1. The summed E-state index contributed by atoms with van der Waals surface area (Å²) >= 11 is 0. The monoisotopic (exact) mass is 406 g/mol. The quantitative estimate of drug-likeness (QED) is 0.702. The van der Waals surface area contributed by atoms with Gasteiger partial charge in [0.05, 0.1) is 4.90 Å². The lowest BCUT2D eigenvalue weighted by molar-refractivity contribution is 0.0981. The molecule has 0 fully saturated rings. The highest BCUT2D eigenvalue weighted by atomic mass is 32.2. The van der Waals surface area contributed by atoms with Crippen LogP contribution in [0.1, 0.15) is 28.4 Å². The van der Waals surface area contributed by atoms with Gasteiger partial charge in [-0.2, -0.15) is 0 Å². The number of sulfonamides is 1. The van der Waals surface area contributed by atoms with Crippen LogP contribution >= 0.6 is 0 Å². The molecule has 3 aromatic rings. The first-order valence-electron chi connectivity index (χ1n) is 9.51. The molecule has 1 unspecified atom stereocenters. The largest absolute Gasteiger partial charge is 0.305 e. The lowest BCUT2D eigenvalue weighted by Crippen LogP contribution is -2.35. The molecule has 1 amide bonds. The van der Waals surface area contributed by atoms with Crippen LogP contribution in [0.5, 0.6) is 0 Å². The number of hydrogen-bond donors (Lipinski definition) is 1. The first-order valence-corrected chi connectivity index (χ1v) is 11.0. The average Bonchev–Trinajstić information content (AvgIpc) is 3.08. The molecule has 0 aliphatic carbocycles. The maximum atomic E-state index is 13.0. The van der Waals surface area contributed by atoms with Crippen molar-refractivity contribution in [3.63, 3.8) is 0 Å². The molecule has 1 atom stereocenters. The Labute approximate surface area is 171 Å². The van der Waals surface area contributed by atoms with Crippen LogP contribution < -0.4 is 9.62 Å². The van der Waals surface area contributed by atoms with E-state index in [1.165, 1.54) is 0 Å². The fourth-order valence-electron chi connectivity index (χ4n) is 3.66. The summed E-state index contributed by atoms with van der Waals surface area (Å²) in [7, 11) is -3.64. The van der Waals surface area contributed by atoms with E-state index in [1.54, 1.807) is 35.2 Å². The number of benzene rings is 3. The maximum absolute atomic E-state index is 13.0. The molecule has 3 aromatic carbocycles. The Balaban J connectivity index is 1.58. The van der Waals surface area contributed by atoms with Gasteiger partial charge in [-0.05, 0) is 54.8 Å². The molecule has 1 aliphatic heterocycles. The second-order valence-corrected chi connectivity index (χ2v) is 8.96. The molecule has 29 heavy (non-hydrogen) atoms. The molecule has 0 saturated carbocycles. The zero-order valence-electron chi connectivity index (χ0n) is 16.1. The summed E-state index contributed by atoms with van der Waals surface area (Å²) in [5.41, 5.74) is 3.15. The van der Waals surface area contributed by atoms with Gasteiger partial charge < -0.3 is 4.90 Å². The standard InChI is InChI=1S/C23H22N2O3S/c1-17-14-20-15-21(29(27,28)24-16-18-8-4-2-5-9-18)12-13-22(20)25(17)23(26)19-10-6-3-7-11-19/h2-13,15,17,24H,14,16H2,1H3. The van der Waals surface area contributed by atoms with Gasteiger partial charge in [0, 0.05) is 23.8 Å². The summed E-state index contributed by atoms with van der Waals surface area (Å²) in [5.74, 6) is -0.0744.